The molecule has 3 aromatic carbocycles. The van der Waals surface area contributed by atoms with Gasteiger partial charge in [-0.15, -0.1) is 0 Å². The highest BCUT2D eigenvalue weighted by atomic mass is 16.5. The van der Waals surface area contributed by atoms with E-state index >= 15 is 0 Å². The van der Waals surface area contributed by atoms with Crippen molar-refractivity contribution in [3.05, 3.63) is 111 Å². The summed E-state index contributed by atoms with van der Waals surface area (Å²) in [6, 6.07) is 22.9. The summed E-state index contributed by atoms with van der Waals surface area (Å²) in [4.78, 5) is 58.5. The Kier molecular flexibility index (Phi) is 10.9. The molecule has 4 aromatic rings. The van der Waals surface area contributed by atoms with E-state index in [4.69, 9.17) is 4.74 Å². The number of fused-ring (bicyclic) bond motifs is 4. The summed E-state index contributed by atoms with van der Waals surface area (Å²) < 4.78 is 6.26. The summed E-state index contributed by atoms with van der Waals surface area (Å²) in [6.07, 6.45) is 2.32. The number of aliphatic hydroxyl groups excluding tert-OH is 1. The highest BCUT2D eigenvalue weighted by molar-refractivity contribution is 5.94. The molecule has 4 aliphatic rings. The normalized spacial score (nSPS) is 21.2. The second-order valence-electron chi connectivity index (χ2n) is 14.5. The van der Waals surface area contributed by atoms with Crippen molar-refractivity contribution in [1.29, 1.82) is 0 Å². The van der Waals surface area contributed by atoms with Gasteiger partial charge in [-0.2, -0.15) is 0 Å². The number of hydrogen-bond acceptors (Lipinski definition) is 9. The highest BCUT2D eigenvalue weighted by Crippen LogP contribution is 2.39. The molecule has 5 heterocycles. The Morgan fingerprint density at radius 1 is 0.925 bits per heavy atom. The molecule has 5 N–H and O–H groups in total. The number of likely N-dealkylation sites (tertiary alicyclic amines) is 1. The number of nitrogens with zero attached hydrogens (tertiary/aromatic N) is 2. The van der Waals surface area contributed by atoms with E-state index in [2.05, 4.69) is 20.5 Å². The van der Waals surface area contributed by atoms with Crippen molar-refractivity contribution in [3.63, 3.8) is 0 Å². The van der Waals surface area contributed by atoms with Gasteiger partial charge in [0, 0.05) is 62.7 Å². The van der Waals surface area contributed by atoms with Crippen LogP contribution >= 0.6 is 0 Å². The third-order valence-electron chi connectivity index (χ3n) is 11.3. The van der Waals surface area contributed by atoms with Crippen molar-refractivity contribution in [2.75, 3.05) is 45.8 Å². The fourth-order valence-electron chi connectivity index (χ4n) is 8.13. The van der Waals surface area contributed by atoms with Crippen molar-refractivity contribution in [3.8, 4) is 5.75 Å². The predicted molar refractivity (Wildman–Crippen MR) is 199 cm³/mol. The monoisotopic (exact) mass is 721 g/mol. The number of aromatic amines is 1. The van der Waals surface area contributed by atoms with E-state index in [0.29, 0.717) is 54.9 Å². The maximum atomic E-state index is 13.9. The van der Waals surface area contributed by atoms with Gasteiger partial charge >= 0.3 is 5.97 Å². The number of benzene rings is 3. The van der Waals surface area contributed by atoms with Crippen molar-refractivity contribution >= 4 is 28.7 Å². The van der Waals surface area contributed by atoms with Crippen molar-refractivity contribution < 1.29 is 29.3 Å². The predicted octanol–water partition coefficient (Wildman–Crippen LogP) is 3.37. The molecule has 2 atom stereocenters. The summed E-state index contributed by atoms with van der Waals surface area (Å²) >= 11 is 0. The largest absolute Gasteiger partial charge is 0.506 e. The molecule has 2 bridgehead atoms. The minimum absolute atomic E-state index is 0.0603. The second-order valence-corrected chi connectivity index (χ2v) is 14.5. The number of rotatable bonds is 12. The fourth-order valence-corrected chi connectivity index (χ4v) is 8.13. The first-order valence-corrected chi connectivity index (χ1v) is 18.6. The molecule has 12 heteroatoms. The first kappa shape index (κ1) is 36.3. The molecule has 4 fully saturated rings. The number of pyridine rings is 1. The van der Waals surface area contributed by atoms with E-state index in [-0.39, 0.29) is 60.2 Å². The lowest BCUT2D eigenvalue weighted by Crippen LogP contribution is -2.55. The number of ether oxygens (including phenoxy) is 1. The average molecular weight is 722 g/mol. The Morgan fingerprint density at radius 2 is 1.66 bits per heavy atom. The van der Waals surface area contributed by atoms with Crippen LogP contribution in [0.25, 0.3) is 10.9 Å². The van der Waals surface area contributed by atoms with Crippen LogP contribution in [-0.4, -0.2) is 94.7 Å². The first-order valence-electron chi connectivity index (χ1n) is 18.6. The quantitative estimate of drug-likeness (QED) is 0.138. The number of aliphatic hydroxyl groups is 1. The Hall–Kier alpha value is -5.04. The van der Waals surface area contributed by atoms with Gasteiger partial charge in [-0.1, -0.05) is 48.5 Å². The SMILES string of the molecule is O=C(NCCC(=O)N1CCC(C(=O)O[C@H]2CN3CCC2CC3)(c2ccccc2)CC1)c1ccc(CNC[C@H](O)c2ccc(O)c3[nH]c(=O)ccc23)cc1. The van der Waals surface area contributed by atoms with Crippen LogP contribution in [0.5, 0.6) is 5.75 Å². The van der Waals surface area contributed by atoms with Gasteiger partial charge in [-0.3, -0.25) is 24.1 Å². The standard InChI is InChI=1S/C41H47N5O7/c47-33-12-10-31(32-11-13-36(49)44-38(32)33)34(48)25-42-24-27-6-8-29(9-7-27)39(51)43-19-14-37(50)46-22-17-41(18-23-46,30-4-2-1-3-5-30)40(52)53-35-26-45-20-15-28(35)16-21-45/h1-13,28,34-35,42,47-48H,14-26H2,(H,43,51)(H,44,49)/t34-,35-/m0/s1. The van der Waals surface area contributed by atoms with Crippen LogP contribution in [0, 0.1) is 5.92 Å². The molecule has 278 valence electrons. The lowest BCUT2D eigenvalue weighted by Gasteiger charge is -2.46. The highest BCUT2D eigenvalue weighted by Gasteiger charge is 2.47. The van der Waals surface area contributed by atoms with Crippen molar-refractivity contribution in [2.24, 2.45) is 5.92 Å². The van der Waals surface area contributed by atoms with Crippen LogP contribution in [0.4, 0.5) is 0 Å². The summed E-state index contributed by atoms with van der Waals surface area (Å²) in [5.74, 6) is -0.158. The van der Waals surface area contributed by atoms with Crippen LogP contribution in [0.15, 0.2) is 83.7 Å². The third kappa shape index (κ3) is 8.00. The number of phenolic OH excluding ortho intramolecular Hbond substituents is 1. The minimum Gasteiger partial charge on any atom is -0.506 e. The van der Waals surface area contributed by atoms with Gasteiger partial charge in [0.25, 0.3) is 5.91 Å². The number of aromatic hydroxyl groups is 1. The number of carbonyl (C=O) groups is 3. The Morgan fingerprint density at radius 3 is 2.36 bits per heavy atom. The van der Waals surface area contributed by atoms with Gasteiger partial charge in [0.05, 0.1) is 17.0 Å². The van der Waals surface area contributed by atoms with E-state index in [9.17, 15) is 29.4 Å². The number of amides is 2. The molecule has 4 aliphatic heterocycles. The first-order chi connectivity index (χ1) is 25.7. The number of piperidine rings is 4. The molecular formula is C41H47N5O7. The molecule has 4 saturated heterocycles. The molecular weight excluding hydrogens is 674 g/mol. The van der Waals surface area contributed by atoms with Crippen LogP contribution in [0.2, 0.25) is 0 Å². The van der Waals surface area contributed by atoms with Crippen molar-refractivity contribution in [2.45, 2.75) is 56.3 Å². The Balaban J connectivity index is 0.863. The van der Waals surface area contributed by atoms with Gasteiger partial charge in [0.1, 0.15) is 11.9 Å². The van der Waals surface area contributed by atoms with Gasteiger partial charge in [0.2, 0.25) is 11.5 Å². The number of esters is 1. The fraction of sp³-hybridized carbons (Fsp3) is 0.415. The summed E-state index contributed by atoms with van der Waals surface area (Å²) in [6.45, 7) is 4.70. The maximum Gasteiger partial charge on any atom is 0.317 e. The molecule has 0 unspecified atom stereocenters. The van der Waals surface area contributed by atoms with Crippen molar-refractivity contribution in [1.82, 2.24) is 25.4 Å². The average Bonchev–Trinajstić information content (AvgIpc) is 3.19. The topological polar surface area (TPSA) is 164 Å². The number of phenols is 1. The minimum atomic E-state index is -0.885. The number of nitrogens with one attached hydrogen (secondary N) is 3. The number of H-pyrrole nitrogens is 1. The molecule has 0 radical (unpaired) electrons. The van der Waals surface area contributed by atoms with Crippen LogP contribution in [0.1, 0.15) is 65.3 Å². The van der Waals surface area contributed by atoms with E-state index in [0.717, 1.165) is 43.6 Å². The molecule has 53 heavy (non-hydrogen) atoms. The van der Waals surface area contributed by atoms with Gasteiger partial charge in [0.15, 0.2) is 0 Å². The molecule has 2 amide bonds. The summed E-state index contributed by atoms with van der Waals surface area (Å²) in [5.41, 5.74) is 2.05. The second kappa shape index (κ2) is 15.9. The van der Waals surface area contributed by atoms with Crippen LogP contribution in [0.3, 0.4) is 0 Å². The molecule has 0 spiro atoms. The molecule has 1 aromatic heterocycles. The van der Waals surface area contributed by atoms with E-state index in [1.165, 1.54) is 12.1 Å². The van der Waals surface area contributed by atoms with Gasteiger partial charge in [-0.05, 0) is 85.6 Å². The van der Waals surface area contributed by atoms with Gasteiger partial charge < -0.3 is 35.5 Å². The molecule has 12 nitrogen and oxygen atoms in total. The maximum absolute atomic E-state index is 13.9. The third-order valence-corrected chi connectivity index (χ3v) is 11.3. The Labute approximate surface area is 308 Å². The lowest BCUT2D eigenvalue weighted by atomic mass is 9.72. The van der Waals surface area contributed by atoms with Crippen LogP contribution < -0.4 is 16.2 Å². The molecule has 0 aliphatic carbocycles. The molecule has 0 saturated carbocycles. The smallest absolute Gasteiger partial charge is 0.317 e. The number of hydrogen-bond donors (Lipinski definition) is 5. The van der Waals surface area contributed by atoms with Gasteiger partial charge in [-0.25, -0.2) is 0 Å². The van der Waals surface area contributed by atoms with Crippen LogP contribution in [-0.2, 0) is 26.3 Å². The Bertz CT molecular complexity index is 1980. The van der Waals surface area contributed by atoms with E-state index < -0.39 is 11.5 Å². The summed E-state index contributed by atoms with van der Waals surface area (Å²) in [5, 5.41) is 27.5. The summed E-state index contributed by atoms with van der Waals surface area (Å²) in [7, 11) is 0. The zero-order valence-electron chi connectivity index (χ0n) is 29.8. The zero-order chi connectivity index (χ0) is 37.0. The lowest BCUT2D eigenvalue weighted by molar-refractivity contribution is -0.168. The van der Waals surface area contributed by atoms with E-state index in [1.807, 2.05) is 42.5 Å². The number of aromatic nitrogens is 1. The zero-order valence-corrected chi connectivity index (χ0v) is 29.8. The van der Waals surface area contributed by atoms with E-state index in [1.54, 1.807) is 29.2 Å². The number of carbonyl (C=O) groups excluding carboxylic acids is 3. The molecule has 8 rings (SSSR count).